The first-order valence-corrected chi connectivity index (χ1v) is 24.2. The molecule has 0 amide bonds. The van der Waals surface area contributed by atoms with Crippen molar-refractivity contribution in [1.29, 1.82) is 0 Å². The lowest BCUT2D eigenvalue weighted by Crippen LogP contribution is -2.16. The highest BCUT2D eigenvalue weighted by molar-refractivity contribution is 7.27. The molecular formula is C27H30S3Si3. The quantitative estimate of drug-likeness (QED) is 0.156. The summed E-state index contributed by atoms with van der Waals surface area (Å²) < 4.78 is 4.05. The summed E-state index contributed by atoms with van der Waals surface area (Å²) in [5, 5.41) is 3.99. The maximum absolute atomic E-state index is 3.55. The van der Waals surface area contributed by atoms with E-state index in [1.165, 1.54) is 44.9 Å². The van der Waals surface area contributed by atoms with Crippen molar-refractivity contribution in [3.8, 4) is 34.4 Å². The number of rotatable bonds is 0. The lowest BCUT2D eigenvalue weighted by molar-refractivity contribution is 1.81. The molecule has 0 atom stereocenters. The lowest BCUT2D eigenvalue weighted by Gasteiger charge is -2.02. The molecule has 0 saturated carbocycles. The van der Waals surface area contributed by atoms with Crippen LogP contribution in [-0.4, -0.2) is 24.2 Å². The molecule has 0 nitrogen and oxygen atoms in total. The third-order valence-electron chi connectivity index (χ3n) is 4.61. The molecule has 0 saturated heterocycles. The van der Waals surface area contributed by atoms with Gasteiger partial charge in [0.1, 0.15) is 24.2 Å². The normalized spacial score (nSPS) is 12.3. The fourth-order valence-electron chi connectivity index (χ4n) is 3.21. The molecule has 0 aliphatic carbocycles. The van der Waals surface area contributed by atoms with Gasteiger partial charge in [0.25, 0.3) is 0 Å². The van der Waals surface area contributed by atoms with Crippen LogP contribution in [0.3, 0.4) is 0 Å². The maximum atomic E-state index is 3.55. The number of thiophene rings is 3. The van der Waals surface area contributed by atoms with Gasteiger partial charge in [0.05, 0.1) is 14.6 Å². The first-order valence-electron chi connectivity index (χ1n) is 11.2. The molecule has 0 radical (unpaired) electrons. The number of fused-ring (bicyclic) bond motifs is 6. The summed E-state index contributed by atoms with van der Waals surface area (Å²) in [6, 6.07) is 6.94. The van der Waals surface area contributed by atoms with Gasteiger partial charge in [0.15, 0.2) is 0 Å². The molecule has 0 aliphatic rings. The van der Waals surface area contributed by atoms with Gasteiger partial charge in [-0.05, 0) is 18.2 Å². The largest absolute Gasteiger partial charge is 0.129 e. The Morgan fingerprint density at radius 2 is 0.697 bits per heavy atom. The molecule has 1 aromatic carbocycles. The van der Waals surface area contributed by atoms with Crippen LogP contribution >= 0.6 is 34.0 Å². The van der Waals surface area contributed by atoms with Crippen LogP contribution in [0.5, 0.6) is 0 Å². The number of hydrogen-bond acceptors (Lipinski definition) is 3. The molecule has 0 aliphatic heterocycles. The highest BCUT2D eigenvalue weighted by atomic mass is 32.1. The molecule has 0 bridgehead atoms. The second-order valence-electron chi connectivity index (χ2n) is 11.6. The maximum Gasteiger partial charge on any atom is 0.129 e. The second kappa shape index (κ2) is 8.58. The minimum Gasteiger partial charge on any atom is -0.126 e. The van der Waals surface area contributed by atoms with Gasteiger partial charge >= 0.3 is 0 Å². The van der Waals surface area contributed by atoms with Crippen LogP contribution < -0.4 is 0 Å². The van der Waals surface area contributed by atoms with E-state index >= 15 is 0 Å². The minimum atomic E-state index is -1.42. The molecule has 3 aromatic heterocycles. The Morgan fingerprint density at radius 1 is 0.455 bits per heavy atom. The average Bonchev–Trinajstić information content (AvgIpc) is 3.36. The monoisotopic (exact) mass is 534 g/mol. The molecular weight excluding hydrogens is 505 g/mol. The summed E-state index contributed by atoms with van der Waals surface area (Å²) in [6.07, 6.45) is 0. The van der Waals surface area contributed by atoms with Gasteiger partial charge in [-0.1, -0.05) is 76.7 Å². The molecule has 0 spiro atoms. The van der Waals surface area contributed by atoms with E-state index in [0.717, 1.165) is 0 Å². The summed E-state index contributed by atoms with van der Waals surface area (Å²) in [5.74, 6) is 10.5. The van der Waals surface area contributed by atoms with Crippen LogP contribution in [0.15, 0.2) is 18.2 Å². The molecule has 3 heterocycles. The van der Waals surface area contributed by atoms with E-state index in [0.29, 0.717) is 0 Å². The van der Waals surface area contributed by atoms with E-state index < -0.39 is 24.2 Å². The van der Waals surface area contributed by atoms with Crippen molar-refractivity contribution in [3.63, 3.8) is 0 Å². The standard InChI is InChI=1S/C27H30S3Si3/c1-31(2,3)13-10-19-16-22-25(28-19)23-17-20(11-14-32(4,5)6)30-27(23)24-18-21(29-26(22)24)12-15-33(7,8)9/h16-18H,1-9H3. The molecule has 168 valence electrons. The molecule has 6 heteroatoms. The summed E-state index contributed by atoms with van der Waals surface area (Å²) in [5.41, 5.74) is 10.6. The van der Waals surface area contributed by atoms with Gasteiger partial charge in [-0.3, -0.25) is 0 Å². The third-order valence-corrected chi connectivity index (χ3v) is 10.5. The predicted molar refractivity (Wildman–Crippen MR) is 163 cm³/mol. The molecule has 4 aromatic rings. The average molecular weight is 535 g/mol. The Labute approximate surface area is 213 Å². The first-order chi connectivity index (χ1) is 15.2. The fraction of sp³-hybridized carbons (Fsp3) is 0.333. The van der Waals surface area contributed by atoms with Crippen LogP contribution in [0, 0.1) is 34.4 Å². The lowest BCUT2D eigenvalue weighted by atomic mass is 10.1. The Kier molecular flexibility index (Phi) is 6.38. The van der Waals surface area contributed by atoms with Crippen molar-refractivity contribution < 1.29 is 0 Å². The van der Waals surface area contributed by atoms with Crippen LogP contribution in [-0.2, 0) is 0 Å². The van der Waals surface area contributed by atoms with Crippen LogP contribution in [0.2, 0.25) is 58.9 Å². The van der Waals surface area contributed by atoms with Gasteiger partial charge in [0.2, 0.25) is 0 Å². The van der Waals surface area contributed by atoms with E-state index in [9.17, 15) is 0 Å². The first kappa shape index (κ1) is 24.6. The van der Waals surface area contributed by atoms with Crippen LogP contribution in [0.1, 0.15) is 14.6 Å². The smallest absolute Gasteiger partial charge is 0.126 e. The highest BCUT2D eigenvalue weighted by Crippen LogP contribution is 2.45. The Bertz CT molecular complexity index is 1280. The predicted octanol–water partition coefficient (Wildman–Crippen LogP) is 9.02. The second-order valence-corrected chi connectivity index (χ2v) is 29.0. The van der Waals surface area contributed by atoms with E-state index in [1.54, 1.807) is 0 Å². The molecule has 0 N–H and O–H groups in total. The van der Waals surface area contributed by atoms with E-state index in [1.807, 2.05) is 34.0 Å². The highest BCUT2D eigenvalue weighted by Gasteiger charge is 2.18. The third kappa shape index (κ3) is 5.93. The Hall–Kier alpha value is -1.57. The SMILES string of the molecule is C[Si](C)(C)C#Cc1cc2c(s1)c1cc(C#C[Si](C)(C)C)sc1c1cc(C#C[Si](C)(C)C)sc21. The number of benzene rings is 1. The van der Waals surface area contributed by atoms with E-state index in [2.05, 4.69) is 112 Å². The molecule has 0 unspecified atom stereocenters. The Balaban J connectivity index is 2.02. The van der Waals surface area contributed by atoms with Crippen molar-refractivity contribution in [2.24, 2.45) is 0 Å². The zero-order chi connectivity index (χ0) is 24.2. The number of hydrogen-bond donors (Lipinski definition) is 0. The fourth-order valence-corrected chi connectivity index (χ4v) is 8.33. The van der Waals surface area contributed by atoms with Crippen LogP contribution in [0.4, 0.5) is 0 Å². The van der Waals surface area contributed by atoms with Crippen molar-refractivity contribution in [2.45, 2.75) is 58.9 Å². The summed E-state index contributed by atoms with van der Waals surface area (Å²) in [6.45, 7) is 20.7. The summed E-state index contributed by atoms with van der Waals surface area (Å²) >= 11 is 5.52. The van der Waals surface area contributed by atoms with E-state index in [4.69, 9.17) is 0 Å². The van der Waals surface area contributed by atoms with Crippen molar-refractivity contribution >= 4 is 88.5 Å². The summed E-state index contributed by atoms with van der Waals surface area (Å²) in [7, 11) is -4.27. The molecule has 0 fully saturated rings. The van der Waals surface area contributed by atoms with Gasteiger partial charge in [-0.2, -0.15) is 0 Å². The van der Waals surface area contributed by atoms with Crippen molar-refractivity contribution in [2.75, 3.05) is 0 Å². The topological polar surface area (TPSA) is 0 Å². The summed E-state index contributed by atoms with van der Waals surface area (Å²) in [4.78, 5) is 3.51. The van der Waals surface area contributed by atoms with Crippen molar-refractivity contribution in [3.05, 3.63) is 32.8 Å². The van der Waals surface area contributed by atoms with Gasteiger partial charge in [0, 0.05) is 30.3 Å². The molecule has 4 rings (SSSR count). The zero-order valence-electron chi connectivity index (χ0n) is 21.0. The van der Waals surface area contributed by atoms with E-state index in [-0.39, 0.29) is 0 Å². The van der Waals surface area contributed by atoms with Gasteiger partial charge in [-0.15, -0.1) is 50.6 Å². The Morgan fingerprint density at radius 3 is 0.909 bits per heavy atom. The van der Waals surface area contributed by atoms with Gasteiger partial charge < -0.3 is 0 Å². The van der Waals surface area contributed by atoms with Crippen molar-refractivity contribution in [1.82, 2.24) is 0 Å². The zero-order valence-corrected chi connectivity index (χ0v) is 26.4. The molecule has 33 heavy (non-hydrogen) atoms. The van der Waals surface area contributed by atoms with Crippen LogP contribution in [0.25, 0.3) is 30.3 Å². The van der Waals surface area contributed by atoms with Gasteiger partial charge in [-0.25, -0.2) is 0 Å². The minimum absolute atomic E-state index is 1.17.